The summed E-state index contributed by atoms with van der Waals surface area (Å²) in [6.07, 6.45) is -22.0. The van der Waals surface area contributed by atoms with Crippen LogP contribution in [0.3, 0.4) is 0 Å². The fraction of sp³-hybridized carbons (Fsp3) is 0.981. The fourth-order valence-corrected chi connectivity index (χ4v) is 17.5. The fourth-order valence-electron chi connectivity index (χ4n) is 17.5. The first-order valence-corrected chi connectivity index (χ1v) is 27.1. The molecule has 5 aliphatic carbocycles. The molecule has 10 aliphatic rings. The molecular formula is C52H84O22. The molecule has 12 N–H and O–H groups in total. The van der Waals surface area contributed by atoms with Crippen LogP contribution in [0.4, 0.5) is 0 Å². The molecule has 0 aromatic heterocycles. The van der Waals surface area contributed by atoms with Crippen LogP contribution < -0.4 is 0 Å². The summed E-state index contributed by atoms with van der Waals surface area (Å²) in [6.45, 7) is 11.8. The Bertz CT molecular complexity index is 2020. The summed E-state index contributed by atoms with van der Waals surface area (Å²) in [6, 6.07) is 0. The minimum Gasteiger partial charge on any atom is -0.394 e. The van der Waals surface area contributed by atoms with Crippen molar-refractivity contribution in [3.8, 4) is 0 Å². The normalized spacial score (nSPS) is 58.1. The molecule has 22 nitrogen and oxygen atoms in total. The van der Waals surface area contributed by atoms with Gasteiger partial charge in [0.15, 0.2) is 25.2 Å². The van der Waals surface area contributed by atoms with E-state index in [9.17, 15) is 66.1 Å². The van der Waals surface area contributed by atoms with Gasteiger partial charge in [0.1, 0.15) is 91.7 Å². The van der Waals surface area contributed by atoms with E-state index in [1.165, 1.54) is 0 Å². The van der Waals surface area contributed by atoms with Crippen LogP contribution in [0.25, 0.3) is 0 Å². The highest BCUT2D eigenvalue weighted by Crippen LogP contribution is 2.80. The van der Waals surface area contributed by atoms with E-state index < -0.39 is 166 Å². The molecule has 10 fully saturated rings. The van der Waals surface area contributed by atoms with E-state index in [-0.39, 0.29) is 33.5 Å². The number of rotatable bonds is 11. The Kier molecular flexibility index (Phi) is 15.0. The highest BCUT2D eigenvalue weighted by molar-refractivity contribution is 5.59. The van der Waals surface area contributed by atoms with Gasteiger partial charge in [-0.1, -0.05) is 41.5 Å². The van der Waals surface area contributed by atoms with E-state index in [0.717, 1.165) is 51.2 Å². The van der Waals surface area contributed by atoms with E-state index in [2.05, 4.69) is 34.6 Å². The molecule has 29 atom stereocenters. The summed E-state index contributed by atoms with van der Waals surface area (Å²) >= 11 is 0. The van der Waals surface area contributed by atoms with E-state index in [0.29, 0.717) is 31.8 Å². The van der Waals surface area contributed by atoms with Gasteiger partial charge in [0.25, 0.3) is 0 Å². The molecular weight excluding hydrogens is 977 g/mol. The summed E-state index contributed by atoms with van der Waals surface area (Å²) in [5, 5.41) is 130. The summed E-state index contributed by atoms with van der Waals surface area (Å²) in [7, 11) is 0. The standard InChI is InChI=1S/C52H84O22/c1-46(2)27-7-11-49(5)28(8-12-52-29-15-47(3,21-55)16-30(57)51(29,22-68-52)14-13-50(49,52)6)48(27,4)10-9-31(46)72-44-40(74-43-39(65)36(62)33(59)24(17-53)69-43)35(61)26(20-67-44)71-45-41(37(63)34(60)25(18-54)70-45)73-42-38(64)32(58)23(56)19-66-42/h21,23-45,53-54,56-65H,7-20,22H2,1-6H3/t23-,24-,25-,26+,27?,28?,29?,30+,31+,32+,33-,34-,35+,36+,37+,38-,39-,40-,41-,42+,43+,44+,45+,47-,48+,49-,50+,51?,52?/m1/s1. The smallest absolute Gasteiger partial charge is 0.187 e. The Morgan fingerprint density at radius 3 is 1.86 bits per heavy atom. The van der Waals surface area contributed by atoms with Gasteiger partial charge >= 0.3 is 0 Å². The quantitative estimate of drug-likeness (QED) is 0.0795. The number of ether oxygens (including phenoxy) is 9. The van der Waals surface area contributed by atoms with Crippen LogP contribution in [-0.2, 0) is 47.4 Å². The first-order chi connectivity index (χ1) is 34.8. The van der Waals surface area contributed by atoms with Crippen molar-refractivity contribution in [3.05, 3.63) is 0 Å². The lowest BCUT2D eigenvalue weighted by Gasteiger charge is -2.74. The van der Waals surface area contributed by atoms with Crippen LogP contribution in [0, 0.1) is 50.2 Å². The second-order valence-corrected chi connectivity index (χ2v) is 25.8. The Hall–Kier alpha value is -1.17. The number of hydrogen-bond donors (Lipinski definition) is 12. The Morgan fingerprint density at radius 2 is 1.18 bits per heavy atom. The van der Waals surface area contributed by atoms with Crippen LogP contribution in [-0.4, -0.2) is 229 Å². The lowest BCUT2D eigenvalue weighted by Crippen LogP contribution is -2.73. The van der Waals surface area contributed by atoms with Crippen molar-refractivity contribution >= 4 is 6.29 Å². The largest absolute Gasteiger partial charge is 0.394 e. The van der Waals surface area contributed by atoms with Crippen LogP contribution >= 0.6 is 0 Å². The average Bonchev–Trinajstić information content (AvgIpc) is 3.60. The topological polar surface area (TPSA) is 343 Å². The minimum atomic E-state index is -1.88. The molecule has 5 heterocycles. The predicted octanol–water partition coefficient (Wildman–Crippen LogP) is -1.89. The second kappa shape index (κ2) is 19.8. The molecule has 74 heavy (non-hydrogen) atoms. The van der Waals surface area contributed by atoms with Gasteiger partial charge in [0, 0.05) is 16.2 Å². The van der Waals surface area contributed by atoms with Crippen LogP contribution in [0.5, 0.6) is 0 Å². The SMILES string of the molecule is CC1(C)C2CC[C@]3(C)C(CCC45OCC6(CC[C@]43C)C5C[C@@](C)(C=O)C[C@@H]6O)[C@@]2(C)CC[C@@H]1O[C@@H]1OC[C@H](O[C@@H]2O[C@H](CO)[C@@H](O)[C@H](O)[C@H]2O[C@@H]2OC[C@@H](O)[C@H](O)[C@H]2O)[C@H](O)[C@H]1O[C@@H]1O[C@H](CO)[C@@H](O)[C@H](O)[C@H]1O. The molecule has 0 radical (unpaired) electrons. The van der Waals surface area contributed by atoms with Crippen molar-refractivity contribution in [2.24, 2.45) is 50.2 Å². The zero-order valence-electron chi connectivity index (χ0n) is 43.4. The van der Waals surface area contributed by atoms with Crippen molar-refractivity contribution in [1.29, 1.82) is 0 Å². The van der Waals surface area contributed by atoms with Gasteiger partial charge in [0.05, 0.1) is 50.8 Å². The second-order valence-electron chi connectivity index (χ2n) is 25.8. The molecule has 2 bridgehead atoms. The summed E-state index contributed by atoms with van der Waals surface area (Å²) in [5.41, 5.74) is -2.42. The maximum Gasteiger partial charge on any atom is 0.187 e. The number of hydrogen-bond acceptors (Lipinski definition) is 22. The van der Waals surface area contributed by atoms with Gasteiger partial charge in [-0.25, -0.2) is 0 Å². The van der Waals surface area contributed by atoms with Gasteiger partial charge in [-0.15, -0.1) is 0 Å². The zero-order valence-corrected chi connectivity index (χ0v) is 43.4. The molecule has 0 aromatic carbocycles. The van der Waals surface area contributed by atoms with Crippen molar-refractivity contribution in [1.82, 2.24) is 0 Å². The third-order valence-electron chi connectivity index (χ3n) is 21.9. The maximum absolute atomic E-state index is 12.6. The van der Waals surface area contributed by atoms with Crippen molar-refractivity contribution < 1.29 is 109 Å². The van der Waals surface area contributed by atoms with Crippen molar-refractivity contribution in [2.75, 3.05) is 33.0 Å². The number of carbonyl (C=O) groups excluding carboxylic acids is 1. The first-order valence-electron chi connectivity index (χ1n) is 27.1. The molecule has 10 rings (SSSR count). The predicted molar refractivity (Wildman–Crippen MR) is 251 cm³/mol. The molecule has 5 saturated heterocycles. The molecule has 424 valence electrons. The Balaban J connectivity index is 0.898. The summed E-state index contributed by atoms with van der Waals surface area (Å²) in [5.74, 6) is 0.534. The number of fused-ring (bicyclic) bond motifs is 4. The third-order valence-corrected chi connectivity index (χ3v) is 21.9. The molecule has 5 saturated carbocycles. The number of aldehydes is 1. The van der Waals surface area contributed by atoms with Gasteiger partial charge in [-0.2, -0.15) is 0 Å². The van der Waals surface area contributed by atoms with E-state index in [1.54, 1.807) is 0 Å². The van der Waals surface area contributed by atoms with Crippen LogP contribution in [0.2, 0.25) is 0 Å². The van der Waals surface area contributed by atoms with Gasteiger partial charge < -0.3 is 109 Å². The first kappa shape index (κ1) is 56.1. The molecule has 22 heteroatoms. The zero-order chi connectivity index (χ0) is 53.5. The highest BCUT2D eigenvalue weighted by atomic mass is 16.8. The molecule has 0 amide bonds. The lowest BCUT2D eigenvalue weighted by atomic mass is 9.30. The van der Waals surface area contributed by atoms with E-state index in [4.69, 9.17) is 42.6 Å². The van der Waals surface area contributed by atoms with Gasteiger partial charge in [-0.05, 0) is 98.2 Å². The van der Waals surface area contributed by atoms with E-state index >= 15 is 0 Å². The summed E-state index contributed by atoms with van der Waals surface area (Å²) < 4.78 is 55.9. The van der Waals surface area contributed by atoms with Crippen LogP contribution in [0.1, 0.15) is 106 Å². The third kappa shape index (κ3) is 8.31. The van der Waals surface area contributed by atoms with Gasteiger partial charge in [-0.3, -0.25) is 0 Å². The average molecular weight is 1060 g/mol. The summed E-state index contributed by atoms with van der Waals surface area (Å²) in [4.78, 5) is 12.6. The number of aliphatic hydroxyl groups excluding tert-OH is 12. The van der Waals surface area contributed by atoms with Crippen molar-refractivity contribution in [2.45, 2.75) is 234 Å². The molecule has 5 aliphatic heterocycles. The molecule has 1 spiro atoms. The monoisotopic (exact) mass is 1060 g/mol. The lowest BCUT2D eigenvalue weighted by molar-refractivity contribution is -0.392. The Morgan fingerprint density at radius 1 is 0.554 bits per heavy atom. The number of carbonyl (C=O) groups is 1. The minimum absolute atomic E-state index is 0.0727. The highest BCUT2D eigenvalue weighted by Gasteiger charge is 2.79. The van der Waals surface area contributed by atoms with Crippen molar-refractivity contribution in [3.63, 3.8) is 0 Å². The molecule has 5 unspecified atom stereocenters. The maximum atomic E-state index is 12.6. The van der Waals surface area contributed by atoms with E-state index in [1.807, 2.05) is 6.92 Å². The molecule has 0 aromatic rings. The Labute approximate surface area is 431 Å². The van der Waals surface area contributed by atoms with Gasteiger partial charge in [0.2, 0.25) is 0 Å². The number of aliphatic hydroxyl groups is 12. The van der Waals surface area contributed by atoms with Crippen LogP contribution in [0.15, 0.2) is 0 Å².